The summed E-state index contributed by atoms with van der Waals surface area (Å²) in [5.74, 6) is -11.1. The number of rotatable bonds is 6. The predicted molar refractivity (Wildman–Crippen MR) is 143 cm³/mol. The number of H-pyrrole nitrogens is 1. The smallest absolute Gasteiger partial charge is 0.266 e. The number of aryl methyl sites for hydroxylation is 1. The van der Waals surface area contributed by atoms with Crippen LogP contribution in [0.4, 0.5) is 22.0 Å². The first kappa shape index (κ1) is 26.6. The summed E-state index contributed by atoms with van der Waals surface area (Å²) in [6.45, 7) is 1.79. The Morgan fingerprint density at radius 2 is 1.40 bits per heavy atom. The van der Waals surface area contributed by atoms with Crippen LogP contribution in [0.2, 0.25) is 11.6 Å². The summed E-state index contributed by atoms with van der Waals surface area (Å²) >= 11 is 0. The van der Waals surface area contributed by atoms with Crippen LogP contribution in [0.25, 0.3) is 0 Å². The number of ketones is 1. The van der Waals surface area contributed by atoms with E-state index in [2.05, 4.69) is 4.98 Å². The van der Waals surface area contributed by atoms with Crippen molar-refractivity contribution in [3.8, 4) is 0 Å². The van der Waals surface area contributed by atoms with Gasteiger partial charge in [-0.3, -0.25) is 4.79 Å². The molecule has 2 aliphatic heterocycles. The molecule has 0 saturated carbocycles. The second kappa shape index (κ2) is 10.4. The summed E-state index contributed by atoms with van der Waals surface area (Å²) in [6, 6.07) is 13.6. The molecule has 40 heavy (non-hydrogen) atoms. The second-order valence-corrected chi connectivity index (χ2v) is 11.1. The summed E-state index contributed by atoms with van der Waals surface area (Å²) in [7, 11) is 0. The van der Waals surface area contributed by atoms with Crippen molar-refractivity contribution in [2.75, 3.05) is 0 Å². The molecule has 0 spiro atoms. The third-order valence-corrected chi connectivity index (χ3v) is 8.82. The van der Waals surface area contributed by atoms with Gasteiger partial charge in [-0.2, -0.15) is 0 Å². The highest BCUT2D eigenvalue weighted by molar-refractivity contribution is 6.61. The van der Waals surface area contributed by atoms with E-state index in [-0.39, 0.29) is 30.0 Å². The van der Waals surface area contributed by atoms with E-state index in [0.29, 0.717) is 17.0 Å². The average Bonchev–Trinajstić information content (AvgIpc) is 3.63. The van der Waals surface area contributed by atoms with Crippen molar-refractivity contribution >= 4 is 12.6 Å². The van der Waals surface area contributed by atoms with E-state index in [1.54, 1.807) is 36.4 Å². The van der Waals surface area contributed by atoms with Gasteiger partial charge >= 0.3 is 0 Å². The van der Waals surface area contributed by atoms with E-state index < -0.39 is 40.6 Å². The van der Waals surface area contributed by atoms with Gasteiger partial charge in [0.2, 0.25) is 11.6 Å². The van der Waals surface area contributed by atoms with Crippen LogP contribution in [0.1, 0.15) is 83.0 Å². The molecule has 2 saturated heterocycles. The number of fused-ring (bicyclic) bond motifs is 2. The minimum absolute atomic E-state index is 0.129. The van der Waals surface area contributed by atoms with Crippen LogP contribution >= 0.6 is 0 Å². The molecule has 1 unspecified atom stereocenters. The number of hydrogen-bond acceptors (Lipinski definition) is 1. The molecule has 0 aliphatic carbocycles. The van der Waals surface area contributed by atoms with Crippen LogP contribution in [-0.2, 0) is 0 Å². The minimum atomic E-state index is -2.20. The fourth-order valence-electron chi connectivity index (χ4n) is 6.99. The highest BCUT2D eigenvalue weighted by Crippen LogP contribution is 2.49. The molecule has 4 heterocycles. The van der Waals surface area contributed by atoms with E-state index in [9.17, 15) is 18.0 Å². The number of halogens is 5. The monoisotopic (exact) mass is 550 g/mol. The Morgan fingerprint density at radius 1 is 0.825 bits per heavy atom. The van der Waals surface area contributed by atoms with Gasteiger partial charge in [0.1, 0.15) is 0 Å². The van der Waals surface area contributed by atoms with Gasteiger partial charge in [0.05, 0.1) is 11.6 Å². The van der Waals surface area contributed by atoms with Crippen LogP contribution in [0.5, 0.6) is 0 Å². The van der Waals surface area contributed by atoms with Crippen molar-refractivity contribution < 1.29 is 26.7 Å². The Bertz CT molecular complexity index is 1510. The molecular weight excluding hydrogens is 522 g/mol. The predicted octanol–water partition coefficient (Wildman–Crippen LogP) is 8.18. The summed E-state index contributed by atoms with van der Waals surface area (Å²) in [6.07, 6.45) is 7.46. The Kier molecular flexibility index (Phi) is 6.92. The molecule has 2 bridgehead atoms. The number of carbonyl (C=O) groups is 1. The number of hydrogen-bond donors (Lipinski definition) is 1. The highest BCUT2D eigenvalue weighted by atomic mass is 19.2. The Morgan fingerprint density at radius 3 is 1.95 bits per heavy atom. The molecule has 2 aromatic carbocycles. The molecule has 9 heteroatoms. The lowest BCUT2D eigenvalue weighted by Crippen LogP contribution is -2.43. The molecule has 6 rings (SSSR count). The number of nitrogens with zero attached hydrogens (tertiary/aromatic N) is 1. The van der Waals surface area contributed by atoms with Crippen LogP contribution in [-0.4, -0.2) is 22.1 Å². The van der Waals surface area contributed by atoms with Crippen molar-refractivity contribution in [3.63, 3.8) is 0 Å². The molecule has 0 amide bonds. The Balaban J connectivity index is 1.62. The molecule has 1 atom stereocenters. The molecular formula is C31H28BF5N2O. The van der Waals surface area contributed by atoms with Gasteiger partial charge in [0.15, 0.2) is 23.3 Å². The zero-order chi connectivity index (χ0) is 28.1. The van der Waals surface area contributed by atoms with E-state index >= 15 is 8.78 Å². The topological polar surface area (TPSA) is 37.8 Å². The van der Waals surface area contributed by atoms with Crippen molar-refractivity contribution in [2.45, 2.75) is 63.0 Å². The molecule has 206 valence electrons. The van der Waals surface area contributed by atoms with E-state index in [1.165, 1.54) is 6.20 Å². The van der Waals surface area contributed by atoms with E-state index in [1.807, 2.05) is 23.5 Å². The number of nitrogens with one attached hydrogen (secondary N) is 1. The zero-order valence-electron chi connectivity index (χ0n) is 22.0. The summed E-state index contributed by atoms with van der Waals surface area (Å²) in [4.78, 5) is 16.9. The minimum Gasteiger partial charge on any atom is -0.385 e. The molecule has 2 aromatic heterocycles. The lowest BCUT2D eigenvalue weighted by molar-refractivity contribution is 0.103. The number of aromatic amines is 1. The van der Waals surface area contributed by atoms with Crippen molar-refractivity contribution in [1.29, 1.82) is 0 Å². The van der Waals surface area contributed by atoms with Crippen LogP contribution < -0.4 is 0 Å². The van der Waals surface area contributed by atoms with E-state index in [0.717, 1.165) is 44.1 Å². The molecule has 2 aliphatic rings. The van der Waals surface area contributed by atoms with Gasteiger partial charge in [-0.15, -0.1) is 0 Å². The third-order valence-electron chi connectivity index (χ3n) is 8.82. The normalized spacial score (nSPS) is 19.6. The van der Waals surface area contributed by atoms with Gasteiger partial charge in [0, 0.05) is 28.7 Å². The number of benzene rings is 2. The Labute approximate surface area is 229 Å². The van der Waals surface area contributed by atoms with Crippen LogP contribution in [0, 0.1) is 36.0 Å². The summed E-state index contributed by atoms with van der Waals surface area (Å²) < 4.78 is 75.8. The maximum absolute atomic E-state index is 15.4. The fourth-order valence-corrected chi connectivity index (χ4v) is 6.99. The first-order chi connectivity index (χ1) is 19.3. The van der Waals surface area contributed by atoms with Crippen LogP contribution in [0.15, 0.2) is 54.7 Å². The molecule has 2 fully saturated rings. The van der Waals surface area contributed by atoms with Gasteiger partial charge in [-0.1, -0.05) is 68.4 Å². The lowest BCUT2D eigenvalue weighted by atomic mass is 9.34. The largest absolute Gasteiger partial charge is 0.385 e. The van der Waals surface area contributed by atoms with Gasteiger partial charge in [-0.05, 0) is 42.8 Å². The SMILES string of the molecule is Cc1ccc(C(=O)c2ccc(C(c3ccc[nH]3)c3c(F)c(F)c(F)c(F)c3F)n2B2C3CCCC2CCC3)cc1. The Hall–Kier alpha value is -3.62. The van der Waals surface area contributed by atoms with Gasteiger partial charge in [-0.25, -0.2) is 22.0 Å². The molecule has 4 aromatic rings. The van der Waals surface area contributed by atoms with Gasteiger partial charge in [0.25, 0.3) is 6.85 Å². The second-order valence-electron chi connectivity index (χ2n) is 11.1. The maximum Gasteiger partial charge on any atom is 0.266 e. The van der Waals surface area contributed by atoms with Gasteiger partial charge < -0.3 is 9.46 Å². The van der Waals surface area contributed by atoms with Crippen molar-refractivity contribution in [1.82, 2.24) is 9.46 Å². The lowest BCUT2D eigenvalue weighted by Gasteiger charge is -2.42. The van der Waals surface area contributed by atoms with Crippen molar-refractivity contribution in [2.24, 2.45) is 0 Å². The summed E-state index contributed by atoms with van der Waals surface area (Å²) in [5, 5.41) is 0. The van der Waals surface area contributed by atoms with E-state index in [4.69, 9.17) is 0 Å². The first-order valence-electron chi connectivity index (χ1n) is 13.7. The molecule has 1 N–H and O–H groups in total. The average molecular weight is 550 g/mol. The molecule has 0 radical (unpaired) electrons. The highest BCUT2D eigenvalue weighted by Gasteiger charge is 2.45. The maximum atomic E-state index is 15.4. The van der Waals surface area contributed by atoms with Crippen LogP contribution in [0.3, 0.4) is 0 Å². The molecule has 3 nitrogen and oxygen atoms in total. The fraction of sp³-hybridized carbons (Fsp3) is 0.323. The zero-order valence-corrected chi connectivity index (χ0v) is 22.0. The van der Waals surface area contributed by atoms with Crippen molar-refractivity contribution in [3.05, 3.63) is 118 Å². The quantitative estimate of drug-likeness (QED) is 0.0850. The number of aromatic nitrogens is 2. The standard InChI is InChI=1S/C31H28BF5N2O/c1-17-10-12-18(13-11-17)31(40)23-15-14-22(39(23)32-19-5-2-6-20(32)8-3-7-19)24(21-9-4-16-38-21)25-26(33)28(35)30(37)29(36)27(25)34/h4,9-16,19-20,24,38H,2-3,5-8H2,1H3. The first-order valence-corrected chi connectivity index (χ1v) is 13.7. The summed E-state index contributed by atoms with van der Waals surface area (Å²) in [5.41, 5.74) is 1.46. The number of carbonyl (C=O) groups excluding carboxylic acids is 1. The third kappa shape index (κ3) is 4.30.